The summed E-state index contributed by atoms with van der Waals surface area (Å²) in [6.07, 6.45) is 2.01. The molecule has 3 rings (SSSR count). The standard InChI is InChI=1S/C31H37Cl2N3O5S/c1-5-7-18-34-31(38)27(6-2)35(20-23-10-8-11-24(19-23)41-4)29(37)21-36(28-13-9-12-26(32)30(28)33)42(39,40)25-16-14-22(3)15-17-25/h8-17,19,27H,5-7,18,20-21H2,1-4H3,(H,34,38)/t27-/m0/s1. The number of nitrogens with zero attached hydrogens (tertiary/aromatic N) is 2. The van der Waals surface area contributed by atoms with Crippen molar-refractivity contribution in [3.8, 4) is 5.75 Å². The highest BCUT2D eigenvalue weighted by atomic mass is 35.5. The van der Waals surface area contributed by atoms with Gasteiger partial charge < -0.3 is 15.0 Å². The van der Waals surface area contributed by atoms with Crippen LogP contribution in [0.3, 0.4) is 0 Å². The summed E-state index contributed by atoms with van der Waals surface area (Å²) in [5.74, 6) is -0.299. The molecule has 0 radical (unpaired) electrons. The minimum absolute atomic E-state index is 0.00801. The molecule has 1 N–H and O–H groups in total. The molecule has 0 bridgehead atoms. The summed E-state index contributed by atoms with van der Waals surface area (Å²) in [6.45, 7) is 5.59. The summed E-state index contributed by atoms with van der Waals surface area (Å²) >= 11 is 12.8. The Morgan fingerprint density at radius 2 is 1.69 bits per heavy atom. The molecule has 0 unspecified atom stereocenters. The van der Waals surface area contributed by atoms with Crippen LogP contribution in [0.1, 0.15) is 44.2 Å². The largest absolute Gasteiger partial charge is 0.497 e. The SMILES string of the molecule is CCCCNC(=O)[C@H](CC)N(Cc1cccc(OC)c1)C(=O)CN(c1cccc(Cl)c1Cl)S(=O)(=O)c1ccc(C)cc1. The van der Waals surface area contributed by atoms with E-state index in [9.17, 15) is 18.0 Å². The van der Waals surface area contributed by atoms with E-state index >= 15 is 0 Å². The van der Waals surface area contributed by atoms with E-state index in [4.69, 9.17) is 27.9 Å². The number of carbonyl (C=O) groups is 2. The van der Waals surface area contributed by atoms with Gasteiger partial charge in [-0.25, -0.2) is 8.42 Å². The molecule has 1 atom stereocenters. The summed E-state index contributed by atoms with van der Waals surface area (Å²) < 4.78 is 34.3. The Morgan fingerprint density at radius 3 is 2.33 bits per heavy atom. The minimum atomic E-state index is -4.27. The number of sulfonamides is 1. The highest BCUT2D eigenvalue weighted by Crippen LogP contribution is 2.35. The second-order valence-electron chi connectivity index (χ2n) is 9.84. The van der Waals surface area contributed by atoms with Gasteiger partial charge in [-0.3, -0.25) is 13.9 Å². The van der Waals surface area contributed by atoms with E-state index in [1.807, 2.05) is 26.8 Å². The predicted octanol–water partition coefficient (Wildman–Crippen LogP) is 6.23. The number of nitrogens with one attached hydrogen (secondary N) is 1. The third kappa shape index (κ3) is 8.18. The normalized spacial score (nSPS) is 12.0. The van der Waals surface area contributed by atoms with Crippen LogP contribution >= 0.6 is 23.2 Å². The molecule has 42 heavy (non-hydrogen) atoms. The molecule has 0 aliphatic carbocycles. The third-order valence-electron chi connectivity index (χ3n) is 6.79. The third-order valence-corrected chi connectivity index (χ3v) is 9.37. The fourth-order valence-electron chi connectivity index (χ4n) is 4.43. The summed E-state index contributed by atoms with van der Waals surface area (Å²) in [4.78, 5) is 28.9. The van der Waals surface area contributed by atoms with Gasteiger partial charge >= 0.3 is 0 Å². The Morgan fingerprint density at radius 1 is 1.00 bits per heavy atom. The van der Waals surface area contributed by atoms with E-state index in [2.05, 4.69) is 5.32 Å². The second kappa shape index (κ2) is 15.3. The number of amides is 2. The molecule has 0 spiro atoms. The van der Waals surface area contributed by atoms with Crippen molar-refractivity contribution in [2.75, 3.05) is 24.5 Å². The summed E-state index contributed by atoms with van der Waals surface area (Å²) in [5.41, 5.74) is 1.65. The molecule has 226 valence electrons. The average Bonchev–Trinajstić information content (AvgIpc) is 2.97. The van der Waals surface area contributed by atoms with Crippen LogP contribution in [-0.4, -0.2) is 51.4 Å². The van der Waals surface area contributed by atoms with E-state index in [-0.39, 0.29) is 33.1 Å². The number of aryl methyl sites for hydroxylation is 1. The van der Waals surface area contributed by atoms with Crippen LogP contribution < -0.4 is 14.4 Å². The fourth-order valence-corrected chi connectivity index (χ4v) is 6.30. The van der Waals surface area contributed by atoms with E-state index in [1.165, 1.54) is 29.2 Å². The van der Waals surface area contributed by atoms with Crippen molar-refractivity contribution in [1.29, 1.82) is 0 Å². The number of hydrogen-bond acceptors (Lipinski definition) is 5. The zero-order chi connectivity index (χ0) is 30.9. The van der Waals surface area contributed by atoms with Crippen molar-refractivity contribution in [3.05, 3.63) is 87.9 Å². The smallest absolute Gasteiger partial charge is 0.264 e. The van der Waals surface area contributed by atoms with Gasteiger partial charge in [-0.1, -0.05) is 79.4 Å². The van der Waals surface area contributed by atoms with Crippen LogP contribution in [0.15, 0.2) is 71.6 Å². The van der Waals surface area contributed by atoms with Gasteiger partial charge in [-0.2, -0.15) is 0 Å². The van der Waals surface area contributed by atoms with Crippen molar-refractivity contribution in [1.82, 2.24) is 10.2 Å². The van der Waals surface area contributed by atoms with Gasteiger partial charge in [-0.15, -0.1) is 0 Å². The number of halogens is 2. The van der Waals surface area contributed by atoms with Gasteiger partial charge in [0, 0.05) is 13.1 Å². The lowest BCUT2D eigenvalue weighted by atomic mass is 10.1. The number of benzene rings is 3. The maximum Gasteiger partial charge on any atom is 0.264 e. The monoisotopic (exact) mass is 633 g/mol. The molecule has 3 aromatic rings. The Labute approximate surface area is 258 Å². The van der Waals surface area contributed by atoms with Crippen LogP contribution in [0, 0.1) is 6.92 Å². The first-order valence-corrected chi connectivity index (χ1v) is 16.0. The molecule has 0 saturated heterocycles. The lowest BCUT2D eigenvalue weighted by Gasteiger charge is -2.33. The molecule has 0 fully saturated rings. The van der Waals surface area contributed by atoms with Crippen molar-refractivity contribution in [2.24, 2.45) is 0 Å². The zero-order valence-electron chi connectivity index (χ0n) is 24.3. The van der Waals surface area contributed by atoms with E-state index in [0.717, 1.165) is 28.3 Å². The summed E-state index contributed by atoms with van der Waals surface area (Å²) in [7, 11) is -2.73. The lowest BCUT2D eigenvalue weighted by molar-refractivity contribution is -0.140. The van der Waals surface area contributed by atoms with Crippen molar-refractivity contribution in [2.45, 2.75) is 57.5 Å². The molecule has 0 aliphatic rings. The van der Waals surface area contributed by atoms with Crippen LogP contribution in [0.2, 0.25) is 10.0 Å². The second-order valence-corrected chi connectivity index (χ2v) is 12.5. The Kier molecular flexibility index (Phi) is 12.1. The highest BCUT2D eigenvalue weighted by Gasteiger charge is 2.34. The summed E-state index contributed by atoms with van der Waals surface area (Å²) in [6, 6.07) is 17.2. The van der Waals surface area contributed by atoms with Gasteiger partial charge in [0.15, 0.2) is 0 Å². The topological polar surface area (TPSA) is 96.0 Å². The van der Waals surface area contributed by atoms with Crippen molar-refractivity contribution in [3.63, 3.8) is 0 Å². The van der Waals surface area contributed by atoms with Gasteiger partial charge in [0.05, 0.1) is 27.7 Å². The van der Waals surface area contributed by atoms with Gasteiger partial charge in [0.1, 0.15) is 18.3 Å². The number of rotatable bonds is 14. The molecular formula is C31H37Cl2N3O5S. The quantitative estimate of drug-likeness (QED) is 0.212. The number of unbranched alkanes of at least 4 members (excludes halogenated alkanes) is 1. The zero-order valence-corrected chi connectivity index (χ0v) is 26.6. The molecule has 0 aromatic heterocycles. The molecular weight excluding hydrogens is 597 g/mol. The van der Waals surface area contributed by atoms with Crippen molar-refractivity contribution >= 4 is 50.7 Å². The van der Waals surface area contributed by atoms with Gasteiger partial charge in [0.25, 0.3) is 10.0 Å². The van der Waals surface area contributed by atoms with Gasteiger partial charge in [-0.05, 0) is 61.7 Å². The van der Waals surface area contributed by atoms with Crippen molar-refractivity contribution < 1.29 is 22.7 Å². The van der Waals surface area contributed by atoms with E-state index in [1.54, 1.807) is 43.5 Å². The molecule has 0 heterocycles. The fraction of sp³-hybridized carbons (Fsp3) is 0.355. The van der Waals surface area contributed by atoms with Crippen LogP contribution in [0.4, 0.5) is 5.69 Å². The summed E-state index contributed by atoms with van der Waals surface area (Å²) in [5, 5.41) is 3.04. The lowest BCUT2D eigenvalue weighted by Crippen LogP contribution is -2.52. The van der Waals surface area contributed by atoms with Crippen LogP contribution in [-0.2, 0) is 26.2 Å². The predicted molar refractivity (Wildman–Crippen MR) is 168 cm³/mol. The number of methoxy groups -OCH3 is 1. The first-order valence-electron chi connectivity index (χ1n) is 13.8. The molecule has 0 aliphatic heterocycles. The molecule has 3 aromatic carbocycles. The Hall–Kier alpha value is -3.27. The molecule has 0 saturated carbocycles. The highest BCUT2D eigenvalue weighted by molar-refractivity contribution is 7.92. The van der Waals surface area contributed by atoms with Gasteiger partial charge in [0.2, 0.25) is 11.8 Å². The van der Waals surface area contributed by atoms with E-state index in [0.29, 0.717) is 18.7 Å². The number of hydrogen-bond donors (Lipinski definition) is 1. The average molecular weight is 635 g/mol. The van der Waals surface area contributed by atoms with Crippen LogP contribution in [0.5, 0.6) is 5.75 Å². The maximum atomic E-state index is 14.2. The Balaban J connectivity index is 2.09. The first-order chi connectivity index (χ1) is 20.0. The molecule has 8 nitrogen and oxygen atoms in total. The Bertz CT molecular complexity index is 1480. The molecule has 11 heteroatoms. The number of anilines is 1. The maximum absolute atomic E-state index is 14.2. The number of ether oxygens (including phenoxy) is 1. The minimum Gasteiger partial charge on any atom is -0.497 e. The molecule has 2 amide bonds. The first kappa shape index (κ1) is 33.2. The number of carbonyl (C=O) groups excluding carboxylic acids is 2. The van der Waals surface area contributed by atoms with Crippen LogP contribution in [0.25, 0.3) is 0 Å². The van der Waals surface area contributed by atoms with E-state index < -0.39 is 28.5 Å².